The van der Waals surface area contributed by atoms with Crippen molar-refractivity contribution in [3.05, 3.63) is 56.6 Å². The molecule has 0 aliphatic heterocycles. The summed E-state index contributed by atoms with van der Waals surface area (Å²) in [5.41, 5.74) is 3.75. The summed E-state index contributed by atoms with van der Waals surface area (Å²) in [6.45, 7) is 4.11. The minimum absolute atomic E-state index is 0.145. The monoisotopic (exact) mass is 400 g/mol. The van der Waals surface area contributed by atoms with E-state index in [4.69, 9.17) is 26.1 Å². The Morgan fingerprint density at radius 2 is 1.85 bits per heavy atom. The van der Waals surface area contributed by atoms with Crippen molar-refractivity contribution in [3.8, 4) is 22.8 Å². The maximum Gasteiger partial charge on any atom is 0.141 e. The van der Waals surface area contributed by atoms with Gasteiger partial charge in [-0.3, -0.25) is 4.98 Å². The molecule has 0 saturated heterocycles. The Hall–Kier alpha value is -2.11. The van der Waals surface area contributed by atoms with E-state index in [0.29, 0.717) is 5.02 Å². The fraction of sp³-hybridized carbons (Fsp3) is 0.333. The van der Waals surface area contributed by atoms with Gasteiger partial charge in [-0.15, -0.1) is 11.3 Å². The van der Waals surface area contributed by atoms with E-state index in [1.165, 1.54) is 0 Å². The Balaban J connectivity index is 1.80. The zero-order valence-corrected chi connectivity index (χ0v) is 17.4. The molecule has 0 amide bonds. The van der Waals surface area contributed by atoms with Gasteiger partial charge in [-0.25, -0.2) is 4.98 Å². The number of hydrogen-bond donors (Lipinski definition) is 0. The van der Waals surface area contributed by atoms with Crippen molar-refractivity contribution in [1.29, 1.82) is 0 Å². The Morgan fingerprint density at radius 3 is 2.52 bits per heavy atom. The average Bonchev–Trinajstić information content (AvgIpc) is 3.40. The third-order valence-electron chi connectivity index (χ3n) is 5.14. The van der Waals surface area contributed by atoms with Crippen LogP contribution in [0.3, 0.4) is 0 Å². The molecule has 0 bridgehead atoms. The number of benzene rings is 1. The molecule has 4 rings (SSSR count). The van der Waals surface area contributed by atoms with Gasteiger partial charge in [-0.05, 0) is 56.5 Å². The van der Waals surface area contributed by atoms with Gasteiger partial charge < -0.3 is 9.47 Å². The standard InChI is InChI=1S/C21H21ClN2O2S/c1-12-10-14(15(22)11-17(12)26-4)18-13(2)27-20(24-18)21(7-8-21)19-16(25-3)6-5-9-23-19/h5-6,9-11H,7-8H2,1-4H3. The number of hydrogen-bond acceptors (Lipinski definition) is 5. The van der Waals surface area contributed by atoms with Gasteiger partial charge in [0.1, 0.15) is 16.5 Å². The number of aromatic nitrogens is 2. The van der Waals surface area contributed by atoms with Crippen LogP contribution in [0.25, 0.3) is 11.3 Å². The highest BCUT2D eigenvalue weighted by molar-refractivity contribution is 7.12. The largest absolute Gasteiger partial charge is 0.496 e. The van der Waals surface area contributed by atoms with Crippen molar-refractivity contribution < 1.29 is 9.47 Å². The second kappa shape index (κ2) is 6.80. The third-order valence-corrected chi connectivity index (χ3v) is 6.63. The summed E-state index contributed by atoms with van der Waals surface area (Å²) in [5, 5.41) is 1.73. The van der Waals surface area contributed by atoms with Crippen LogP contribution in [0, 0.1) is 13.8 Å². The number of ether oxygens (including phenoxy) is 2. The summed E-state index contributed by atoms with van der Waals surface area (Å²) in [6.07, 6.45) is 3.88. The lowest BCUT2D eigenvalue weighted by molar-refractivity contribution is 0.403. The van der Waals surface area contributed by atoms with Gasteiger partial charge >= 0.3 is 0 Å². The minimum atomic E-state index is -0.145. The Labute approximate surface area is 168 Å². The third kappa shape index (κ3) is 2.99. The second-order valence-corrected chi connectivity index (χ2v) is 8.47. The molecule has 1 aliphatic rings. The highest BCUT2D eigenvalue weighted by Crippen LogP contribution is 2.57. The zero-order chi connectivity index (χ0) is 19.2. The Morgan fingerprint density at radius 1 is 1.11 bits per heavy atom. The van der Waals surface area contributed by atoms with E-state index in [0.717, 1.165) is 56.7 Å². The first-order valence-electron chi connectivity index (χ1n) is 8.82. The smallest absolute Gasteiger partial charge is 0.141 e. The lowest BCUT2D eigenvalue weighted by Crippen LogP contribution is -2.12. The fourth-order valence-electron chi connectivity index (χ4n) is 3.51. The van der Waals surface area contributed by atoms with Gasteiger partial charge in [0.2, 0.25) is 0 Å². The fourth-order valence-corrected chi connectivity index (χ4v) is 4.93. The average molecular weight is 401 g/mol. The number of halogens is 1. The molecule has 27 heavy (non-hydrogen) atoms. The SMILES string of the molecule is COc1cc(Cl)c(-c2nc(C3(c4ncccc4OC)CC3)sc2C)cc1C. The normalized spacial score (nSPS) is 14.9. The van der Waals surface area contributed by atoms with Crippen LogP contribution in [-0.4, -0.2) is 24.2 Å². The van der Waals surface area contributed by atoms with E-state index < -0.39 is 0 Å². The lowest BCUT2D eigenvalue weighted by atomic mass is 10.0. The molecule has 1 fully saturated rings. The van der Waals surface area contributed by atoms with E-state index in [1.54, 1.807) is 25.6 Å². The van der Waals surface area contributed by atoms with Crippen LogP contribution < -0.4 is 9.47 Å². The molecule has 0 N–H and O–H groups in total. The van der Waals surface area contributed by atoms with Gasteiger partial charge in [0, 0.05) is 16.6 Å². The number of nitrogens with zero attached hydrogens (tertiary/aromatic N) is 2. The molecule has 1 aromatic carbocycles. The summed E-state index contributed by atoms with van der Waals surface area (Å²) >= 11 is 8.26. The summed E-state index contributed by atoms with van der Waals surface area (Å²) in [5.74, 6) is 1.61. The van der Waals surface area contributed by atoms with Gasteiger partial charge in [-0.1, -0.05) is 11.6 Å². The lowest BCUT2D eigenvalue weighted by Gasteiger charge is -2.15. The van der Waals surface area contributed by atoms with E-state index in [9.17, 15) is 0 Å². The summed E-state index contributed by atoms with van der Waals surface area (Å²) < 4.78 is 10.9. The Kier molecular flexibility index (Phi) is 4.60. The number of pyridine rings is 1. The molecule has 0 atom stereocenters. The van der Waals surface area contributed by atoms with Crippen LogP contribution in [-0.2, 0) is 5.41 Å². The quantitative estimate of drug-likeness (QED) is 0.561. The number of aryl methyl sites for hydroxylation is 2. The van der Waals surface area contributed by atoms with Crippen molar-refractivity contribution in [3.63, 3.8) is 0 Å². The molecule has 1 aliphatic carbocycles. The van der Waals surface area contributed by atoms with E-state index >= 15 is 0 Å². The van der Waals surface area contributed by atoms with Crippen molar-refractivity contribution in [2.75, 3.05) is 14.2 Å². The summed E-state index contributed by atoms with van der Waals surface area (Å²) in [4.78, 5) is 10.8. The van der Waals surface area contributed by atoms with E-state index in [-0.39, 0.29) is 5.41 Å². The molecular weight excluding hydrogens is 380 g/mol. The number of thiazole rings is 1. The molecule has 1 saturated carbocycles. The predicted octanol–water partition coefficient (Wildman–Crippen LogP) is 5.57. The van der Waals surface area contributed by atoms with Crippen LogP contribution in [0.4, 0.5) is 0 Å². The maximum absolute atomic E-state index is 6.54. The first kappa shape index (κ1) is 18.3. The highest BCUT2D eigenvalue weighted by Gasteiger charge is 2.51. The van der Waals surface area contributed by atoms with Crippen LogP contribution >= 0.6 is 22.9 Å². The van der Waals surface area contributed by atoms with Crippen molar-refractivity contribution in [2.24, 2.45) is 0 Å². The molecule has 2 heterocycles. The molecule has 0 radical (unpaired) electrons. The first-order valence-corrected chi connectivity index (χ1v) is 10.0. The summed E-state index contributed by atoms with van der Waals surface area (Å²) in [7, 11) is 3.34. The minimum Gasteiger partial charge on any atom is -0.496 e. The maximum atomic E-state index is 6.54. The molecule has 140 valence electrons. The molecule has 0 unspecified atom stereocenters. The van der Waals surface area contributed by atoms with E-state index in [1.807, 2.05) is 37.4 Å². The van der Waals surface area contributed by atoms with Gasteiger partial charge in [-0.2, -0.15) is 0 Å². The molecule has 6 heteroatoms. The predicted molar refractivity (Wildman–Crippen MR) is 109 cm³/mol. The van der Waals surface area contributed by atoms with Crippen LogP contribution in [0.5, 0.6) is 11.5 Å². The summed E-state index contributed by atoms with van der Waals surface area (Å²) in [6, 6.07) is 7.78. The van der Waals surface area contributed by atoms with Gasteiger partial charge in [0.25, 0.3) is 0 Å². The van der Waals surface area contributed by atoms with Crippen LogP contribution in [0.1, 0.15) is 34.0 Å². The van der Waals surface area contributed by atoms with E-state index in [2.05, 4.69) is 11.9 Å². The van der Waals surface area contributed by atoms with Gasteiger partial charge in [0.05, 0.1) is 36.0 Å². The number of rotatable bonds is 5. The first-order chi connectivity index (χ1) is 13.0. The molecule has 0 spiro atoms. The Bertz CT molecular complexity index is 1010. The molecule has 3 aromatic rings. The van der Waals surface area contributed by atoms with Crippen molar-refractivity contribution in [1.82, 2.24) is 9.97 Å². The number of methoxy groups -OCH3 is 2. The molecule has 2 aromatic heterocycles. The second-order valence-electron chi connectivity index (χ2n) is 6.86. The van der Waals surface area contributed by atoms with Crippen molar-refractivity contribution in [2.45, 2.75) is 32.1 Å². The van der Waals surface area contributed by atoms with Crippen LogP contribution in [0.15, 0.2) is 30.5 Å². The highest BCUT2D eigenvalue weighted by atomic mass is 35.5. The molecular formula is C21H21ClN2O2S. The topological polar surface area (TPSA) is 44.2 Å². The van der Waals surface area contributed by atoms with Crippen molar-refractivity contribution >= 4 is 22.9 Å². The van der Waals surface area contributed by atoms with Crippen LogP contribution in [0.2, 0.25) is 5.02 Å². The zero-order valence-electron chi connectivity index (χ0n) is 15.8. The van der Waals surface area contributed by atoms with Gasteiger partial charge in [0.15, 0.2) is 0 Å². The molecule has 4 nitrogen and oxygen atoms in total.